The van der Waals surface area contributed by atoms with E-state index in [1.54, 1.807) is 5.56 Å². The van der Waals surface area contributed by atoms with Crippen molar-refractivity contribution in [1.82, 2.24) is 0 Å². The molecule has 3 aromatic carbocycles. The third-order valence-corrected chi connectivity index (χ3v) is 9.04. The van der Waals surface area contributed by atoms with E-state index in [0.29, 0.717) is 5.92 Å². The summed E-state index contributed by atoms with van der Waals surface area (Å²) in [5, 5.41) is 0. The summed E-state index contributed by atoms with van der Waals surface area (Å²) in [5.41, 5.74) is 12.8. The van der Waals surface area contributed by atoms with Gasteiger partial charge in [-0.15, -0.1) is 0 Å². The van der Waals surface area contributed by atoms with Crippen LogP contribution in [0.5, 0.6) is 0 Å². The van der Waals surface area contributed by atoms with Crippen molar-refractivity contribution in [2.75, 3.05) is 0 Å². The molecule has 0 N–H and O–H groups in total. The summed E-state index contributed by atoms with van der Waals surface area (Å²) >= 11 is 0. The second kappa shape index (κ2) is 12.1. The van der Waals surface area contributed by atoms with Crippen LogP contribution in [0.1, 0.15) is 81.5 Å². The topological polar surface area (TPSA) is 0 Å². The summed E-state index contributed by atoms with van der Waals surface area (Å²) in [6.07, 6.45) is 12.0. The van der Waals surface area contributed by atoms with Gasteiger partial charge >= 0.3 is 0 Å². The van der Waals surface area contributed by atoms with Crippen LogP contribution in [-0.2, 0) is 0 Å². The predicted molar refractivity (Wildman–Crippen MR) is 163 cm³/mol. The molecule has 1 saturated carbocycles. The zero-order valence-electron chi connectivity index (χ0n) is 24.1. The summed E-state index contributed by atoms with van der Waals surface area (Å²) in [7, 11) is 0. The fourth-order valence-electron chi connectivity index (χ4n) is 6.05. The molecule has 0 aliphatic heterocycles. The van der Waals surface area contributed by atoms with Crippen molar-refractivity contribution in [3.63, 3.8) is 0 Å². The molecule has 0 saturated heterocycles. The van der Waals surface area contributed by atoms with Crippen molar-refractivity contribution in [3.05, 3.63) is 107 Å². The number of aryl methyl sites for hydroxylation is 3. The summed E-state index contributed by atoms with van der Waals surface area (Å²) in [6.45, 7) is 16.1. The highest BCUT2D eigenvalue weighted by molar-refractivity contribution is 5.90. The van der Waals surface area contributed by atoms with E-state index < -0.39 is 0 Å². The minimum atomic E-state index is 0.665. The van der Waals surface area contributed by atoms with Gasteiger partial charge in [-0.25, -0.2) is 0 Å². The van der Waals surface area contributed by atoms with Crippen LogP contribution >= 0.6 is 0 Å². The molecule has 37 heavy (non-hydrogen) atoms. The third-order valence-electron chi connectivity index (χ3n) is 9.04. The van der Waals surface area contributed by atoms with Gasteiger partial charge in [-0.05, 0) is 120 Å². The standard InChI is InChI=1S/C27H30.C10H16/c1-17-10-6-8-12-22(17)26-19(3)14-15-24(25-16-20(4)21(25)5)27(26)23-13-9-7-11-18(23)2;1-3-9(2)10-7-5-4-6-8-10/h6-15,20-21,25H,16H2,1-5H3;5,7-9H,3-4,6H2,1-2H3. The Morgan fingerprint density at radius 3 is 1.89 bits per heavy atom. The van der Waals surface area contributed by atoms with Crippen molar-refractivity contribution in [2.24, 2.45) is 17.8 Å². The SMILES string of the molecule is CCC(C)C1=CCCC=C1.Cc1ccccc1-c1c(C)ccc(C2CC(C)C2C)c1-c1ccccc1C. The molecule has 4 unspecified atom stereocenters. The monoisotopic (exact) mass is 490 g/mol. The molecule has 1 fully saturated rings. The van der Waals surface area contributed by atoms with E-state index in [2.05, 4.69) is 127 Å². The molecule has 0 spiro atoms. The van der Waals surface area contributed by atoms with Crippen LogP contribution in [-0.4, -0.2) is 0 Å². The lowest BCUT2D eigenvalue weighted by Crippen LogP contribution is -2.31. The van der Waals surface area contributed by atoms with Gasteiger partial charge in [0.05, 0.1) is 0 Å². The fraction of sp³-hybridized carbons (Fsp3) is 0.405. The smallest absolute Gasteiger partial charge is 0.00650 e. The zero-order valence-corrected chi connectivity index (χ0v) is 24.1. The molecular formula is C37H46. The van der Waals surface area contributed by atoms with Crippen LogP contribution in [0.2, 0.25) is 0 Å². The quantitative estimate of drug-likeness (QED) is 0.333. The van der Waals surface area contributed by atoms with Crippen LogP contribution in [0.4, 0.5) is 0 Å². The van der Waals surface area contributed by atoms with Crippen LogP contribution in [0.3, 0.4) is 0 Å². The highest BCUT2D eigenvalue weighted by atomic mass is 14.4. The molecule has 2 aliphatic carbocycles. The molecule has 0 heterocycles. The second-order valence-corrected chi connectivity index (χ2v) is 11.5. The predicted octanol–water partition coefficient (Wildman–Crippen LogP) is 11.0. The Hall–Kier alpha value is -2.86. The third kappa shape index (κ3) is 5.85. The molecule has 194 valence electrons. The zero-order chi connectivity index (χ0) is 26.5. The largest absolute Gasteiger partial charge is 0.0840 e. The first-order chi connectivity index (χ1) is 17.8. The van der Waals surface area contributed by atoms with E-state index in [1.807, 2.05) is 0 Å². The number of benzene rings is 3. The van der Waals surface area contributed by atoms with E-state index in [0.717, 1.165) is 17.8 Å². The van der Waals surface area contributed by atoms with Gasteiger partial charge in [0.1, 0.15) is 0 Å². The van der Waals surface area contributed by atoms with Crippen molar-refractivity contribution >= 4 is 0 Å². The molecule has 2 aliphatic rings. The molecule has 0 amide bonds. The van der Waals surface area contributed by atoms with Crippen molar-refractivity contribution in [2.45, 2.75) is 80.1 Å². The first-order valence-electron chi connectivity index (χ1n) is 14.5. The van der Waals surface area contributed by atoms with Crippen LogP contribution < -0.4 is 0 Å². The van der Waals surface area contributed by atoms with E-state index in [-0.39, 0.29) is 0 Å². The minimum absolute atomic E-state index is 0.665. The average molecular weight is 491 g/mol. The highest BCUT2D eigenvalue weighted by Gasteiger charge is 2.37. The maximum Gasteiger partial charge on any atom is -0.00650 e. The second-order valence-electron chi connectivity index (χ2n) is 11.5. The Kier molecular flexibility index (Phi) is 8.91. The van der Waals surface area contributed by atoms with E-state index in [4.69, 9.17) is 0 Å². The van der Waals surface area contributed by atoms with Gasteiger partial charge in [-0.1, -0.05) is 107 Å². The van der Waals surface area contributed by atoms with Gasteiger partial charge in [0.15, 0.2) is 0 Å². The van der Waals surface area contributed by atoms with Gasteiger partial charge < -0.3 is 0 Å². The highest BCUT2D eigenvalue weighted by Crippen LogP contribution is 2.52. The van der Waals surface area contributed by atoms with Crippen molar-refractivity contribution in [3.8, 4) is 22.3 Å². The molecular weight excluding hydrogens is 444 g/mol. The van der Waals surface area contributed by atoms with E-state index in [9.17, 15) is 0 Å². The lowest BCUT2D eigenvalue weighted by atomic mass is 9.62. The molecule has 0 bridgehead atoms. The van der Waals surface area contributed by atoms with Gasteiger partial charge in [-0.3, -0.25) is 0 Å². The molecule has 0 radical (unpaired) electrons. The van der Waals surface area contributed by atoms with Crippen molar-refractivity contribution in [1.29, 1.82) is 0 Å². The van der Waals surface area contributed by atoms with Gasteiger partial charge in [0, 0.05) is 0 Å². The normalized spacial score (nSPS) is 21.4. The number of allylic oxidation sites excluding steroid dienone is 4. The number of hydrogen-bond donors (Lipinski definition) is 0. The molecule has 0 heteroatoms. The number of hydrogen-bond acceptors (Lipinski definition) is 0. The van der Waals surface area contributed by atoms with Gasteiger partial charge in [-0.2, -0.15) is 0 Å². The molecule has 0 aromatic heterocycles. The van der Waals surface area contributed by atoms with Crippen LogP contribution in [0, 0.1) is 38.5 Å². The van der Waals surface area contributed by atoms with Crippen LogP contribution in [0.25, 0.3) is 22.3 Å². The summed E-state index contributed by atoms with van der Waals surface area (Å²) in [6, 6.07) is 22.5. The number of rotatable bonds is 5. The van der Waals surface area contributed by atoms with Gasteiger partial charge in [0.2, 0.25) is 0 Å². The Labute approximate surface area is 226 Å². The van der Waals surface area contributed by atoms with Crippen molar-refractivity contribution < 1.29 is 0 Å². The summed E-state index contributed by atoms with van der Waals surface area (Å²) in [4.78, 5) is 0. The molecule has 0 nitrogen and oxygen atoms in total. The lowest BCUT2D eigenvalue weighted by molar-refractivity contribution is 0.170. The molecule has 4 atom stereocenters. The van der Waals surface area contributed by atoms with Gasteiger partial charge in [0.25, 0.3) is 0 Å². The summed E-state index contributed by atoms with van der Waals surface area (Å²) < 4.78 is 0. The van der Waals surface area contributed by atoms with E-state index in [1.165, 1.54) is 70.2 Å². The Balaban J connectivity index is 0.000000270. The first-order valence-corrected chi connectivity index (χ1v) is 14.5. The first kappa shape index (κ1) is 27.2. The maximum atomic E-state index is 2.42. The Morgan fingerprint density at radius 1 is 0.757 bits per heavy atom. The van der Waals surface area contributed by atoms with Crippen LogP contribution in [0.15, 0.2) is 84.5 Å². The maximum absolute atomic E-state index is 2.42. The average Bonchev–Trinajstić information content (AvgIpc) is 2.93. The lowest BCUT2D eigenvalue weighted by Gasteiger charge is -2.42. The summed E-state index contributed by atoms with van der Waals surface area (Å²) in [5.74, 6) is 3.00. The Bertz CT molecular complexity index is 1270. The Morgan fingerprint density at radius 2 is 1.38 bits per heavy atom. The minimum Gasteiger partial charge on any atom is -0.0840 e. The fourth-order valence-corrected chi connectivity index (χ4v) is 6.05. The molecule has 3 aromatic rings. The molecule has 5 rings (SSSR count). The van der Waals surface area contributed by atoms with E-state index >= 15 is 0 Å².